The summed E-state index contributed by atoms with van der Waals surface area (Å²) in [6.45, 7) is 1.96. The molecule has 0 saturated carbocycles. The van der Waals surface area contributed by atoms with E-state index in [4.69, 9.17) is 10.5 Å². The zero-order chi connectivity index (χ0) is 12.3. The van der Waals surface area contributed by atoms with E-state index in [1.54, 1.807) is 30.3 Å². The molecule has 4 nitrogen and oxygen atoms in total. The molecule has 1 heterocycles. The molecule has 0 spiro atoms. The van der Waals surface area contributed by atoms with Gasteiger partial charge in [-0.3, -0.25) is 0 Å². The fraction of sp³-hybridized carbons (Fsp3) is 0.0769. The molecule has 0 saturated heterocycles. The molecule has 0 unspecified atom stereocenters. The Kier molecular flexibility index (Phi) is 3.05. The van der Waals surface area contributed by atoms with Crippen LogP contribution in [-0.2, 0) is 0 Å². The van der Waals surface area contributed by atoms with Crippen molar-refractivity contribution >= 4 is 11.8 Å². The van der Waals surface area contributed by atoms with Crippen molar-refractivity contribution in [3.05, 3.63) is 53.7 Å². The summed E-state index contributed by atoms with van der Waals surface area (Å²) in [5.41, 5.74) is 6.79. The first-order chi connectivity index (χ1) is 8.15. The number of hydrogen-bond acceptors (Lipinski definition) is 4. The molecular weight excluding hydrogens is 216 g/mol. The summed E-state index contributed by atoms with van der Waals surface area (Å²) < 4.78 is 5.15. The maximum atomic E-state index is 11.7. The van der Waals surface area contributed by atoms with Crippen molar-refractivity contribution in [1.29, 1.82) is 0 Å². The number of rotatable bonds is 2. The zero-order valence-electron chi connectivity index (χ0n) is 9.38. The largest absolute Gasteiger partial charge is 0.422 e. The van der Waals surface area contributed by atoms with E-state index in [1.165, 1.54) is 0 Å². The van der Waals surface area contributed by atoms with Gasteiger partial charge < -0.3 is 10.5 Å². The molecule has 4 heteroatoms. The monoisotopic (exact) mass is 228 g/mol. The highest BCUT2D eigenvalue weighted by molar-refractivity contribution is 5.89. The van der Waals surface area contributed by atoms with Crippen molar-refractivity contribution in [2.24, 2.45) is 0 Å². The van der Waals surface area contributed by atoms with Gasteiger partial charge in [0.2, 0.25) is 0 Å². The van der Waals surface area contributed by atoms with E-state index >= 15 is 0 Å². The first-order valence-electron chi connectivity index (χ1n) is 5.16. The molecule has 17 heavy (non-hydrogen) atoms. The summed E-state index contributed by atoms with van der Waals surface area (Å²) in [6.07, 6.45) is 0. The Morgan fingerprint density at radius 3 is 2.53 bits per heavy atom. The first-order valence-corrected chi connectivity index (χ1v) is 5.16. The average Bonchev–Trinajstić information content (AvgIpc) is 2.32. The highest BCUT2D eigenvalue weighted by atomic mass is 16.5. The third-order valence-corrected chi connectivity index (χ3v) is 2.21. The van der Waals surface area contributed by atoms with Crippen LogP contribution in [-0.4, -0.2) is 11.0 Å². The van der Waals surface area contributed by atoms with Gasteiger partial charge in [-0.25, -0.2) is 9.78 Å². The zero-order valence-corrected chi connectivity index (χ0v) is 9.38. The number of carbonyl (C=O) groups is 1. The van der Waals surface area contributed by atoms with Crippen LogP contribution in [0.5, 0.6) is 5.75 Å². The van der Waals surface area contributed by atoms with Crippen LogP contribution in [0, 0.1) is 6.92 Å². The first kappa shape index (κ1) is 11.1. The number of nitrogens with two attached hydrogens (primary N) is 1. The van der Waals surface area contributed by atoms with Crippen LogP contribution in [0.15, 0.2) is 42.5 Å². The number of ether oxygens (including phenoxy) is 1. The number of aryl methyl sites for hydroxylation is 1. The fourth-order valence-electron chi connectivity index (χ4n) is 1.33. The summed E-state index contributed by atoms with van der Waals surface area (Å²) in [7, 11) is 0. The van der Waals surface area contributed by atoms with Gasteiger partial charge in [0.05, 0.1) is 0 Å². The van der Waals surface area contributed by atoms with E-state index in [9.17, 15) is 4.79 Å². The quantitative estimate of drug-likeness (QED) is 0.632. The van der Waals surface area contributed by atoms with Crippen LogP contribution in [0.4, 0.5) is 5.82 Å². The number of benzene rings is 1. The molecule has 2 N–H and O–H groups in total. The fourth-order valence-corrected chi connectivity index (χ4v) is 1.33. The van der Waals surface area contributed by atoms with Gasteiger partial charge >= 0.3 is 5.97 Å². The van der Waals surface area contributed by atoms with Crippen LogP contribution < -0.4 is 10.5 Å². The van der Waals surface area contributed by atoms with Gasteiger partial charge in [0.25, 0.3) is 0 Å². The number of hydrogen-bond donors (Lipinski definition) is 1. The molecule has 0 fully saturated rings. The van der Waals surface area contributed by atoms with Gasteiger partial charge in [0.1, 0.15) is 11.6 Å². The lowest BCUT2D eigenvalue weighted by Crippen LogP contribution is -2.11. The highest BCUT2D eigenvalue weighted by Crippen LogP contribution is 2.13. The Labute approximate surface area is 99.1 Å². The molecule has 1 aromatic heterocycles. The van der Waals surface area contributed by atoms with E-state index in [-0.39, 0.29) is 5.69 Å². The summed E-state index contributed by atoms with van der Waals surface area (Å²) >= 11 is 0. The Bertz CT molecular complexity index is 535. The molecule has 0 atom stereocenters. The van der Waals surface area contributed by atoms with Crippen molar-refractivity contribution in [2.75, 3.05) is 5.73 Å². The molecule has 86 valence electrons. The molecule has 0 aliphatic rings. The molecule has 0 bridgehead atoms. The predicted molar refractivity (Wildman–Crippen MR) is 64.8 cm³/mol. The van der Waals surface area contributed by atoms with E-state index in [0.29, 0.717) is 11.6 Å². The number of nitrogens with zero attached hydrogens (tertiary/aromatic N) is 1. The lowest BCUT2D eigenvalue weighted by Gasteiger charge is -2.04. The number of esters is 1. The second kappa shape index (κ2) is 4.65. The molecule has 0 aliphatic heterocycles. The molecule has 2 rings (SSSR count). The third-order valence-electron chi connectivity index (χ3n) is 2.21. The molecular formula is C13H12N2O2. The summed E-state index contributed by atoms with van der Waals surface area (Å²) in [5.74, 6) is 0.273. The minimum Gasteiger partial charge on any atom is -0.422 e. The number of anilines is 1. The Balaban J connectivity index is 2.14. The minimum absolute atomic E-state index is 0.200. The number of carbonyl (C=O) groups excluding carboxylic acids is 1. The standard InChI is InChI=1S/C13H12N2O2/c1-9-5-7-10(8-6-9)17-13(16)11-3-2-4-12(14)15-11/h2-8H,1H3,(H2,14,15). The average molecular weight is 228 g/mol. The van der Waals surface area contributed by atoms with Gasteiger partial charge in [0, 0.05) is 0 Å². The van der Waals surface area contributed by atoms with Gasteiger partial charge in [-0.2, -0.15) is 0 Å². The maximum absolute atomic E-state index is 11.7. The van der Waals surface area contributed by atoms with E-state index in [0.717, 1.165) is 5.56 Å². The molecule has 0 aliphatic carbocycles. The molecule has 0 radical (unpaired) electrons. The van der Waals surface area contributed by atoms with Crippen molar-refractivity contribution in [3.63, 3.8) is 0 Å². The van der Waals surface area contributed by atoms with Gasteiger partial charge in [-0.1, -0.05) is 23.8 Å². The number of pyridine rings is 1. The Hall–Kier alpha value is -2.36. The minimum atomic E-state index is -0.513. The molecule has 1 aromatic carbocycles. The molecule has 0 amide bonds. The van der Waals surface area contributed by atoms with E-state index in [1.807, 2.05) is 19.1 Å². The number of nitrogen functional groups attached to an aromatic ring is 1. The van der Waals surface area contributed by atoms with Gasteiger partial charge in [0.15, 0.2) is 5.69 Å². The predicted octanol–water partition coefficient (Wildman–Crippen LogP) is 2.19. The maximum Gasteiger partial charge on any atom is 0.362 e. The SMILES string of the molecule is Cc1ccc(OC(=O)c2cccc(N)n2)cc1. The second-order valence-corrected chi connectivity index (χ2v) is 3.65. The Morgan fingerprint density at radius 1 is 1.18 bits per heavy atom. The number of aromatic nitrogens is 1. The topological polar surface area (TPSA) is 65.2 Å². The summed E-state index contributed by atoms with van der Waals surface area (Å²) in [4.78, 5) is 15.6. The Morgan fingerprint density at radius 2 is 1.88 bits per heavy atom. The third kappa shape index (κ3) is 2.81. The van der Waals surface area contributed by atoms with E-state index in [2.05, 4.69) is 4.98 Å². The molecule has 2 aromatic rings. The lowest BCUT2D eigenvalue weighted by atomic mass is 10.2. The van der Waals surface area contributed by atoms with Gasteiger partial charge in [-0.15, -0.1) is 0 Å². The van der Waals surface area contributed by atoms with Crippen LogP contribution >= 0.6 is 0 Å². The van der Waals surface area contributed by atoms with Crippen molar-refractivity contribution in [2.45, 2.75) is 6.92 Å². The van der Waals surface area contributed by atoms with Gasteiger partial charge in [-0.05, 0) is 31.2 Å². The van der Waals surface area contributed by atoms with Crippen LogP contribution in [0.25, 0.3) is 0 Å². The smallest absolute Gasteiger partial charge is 0.362 e. The summed E-state index contributed by atoms with van der Waals surface area (Å²) in [6, 6.07) is 12.0. The van der Waals surface area contributed by atoms with Crippen molar-refractivity contribution in [3.8, 4) is 5.75 Å². The summed E-state index contributed by atoms with van der Waals surface area (Å²) in [5, 5.41) is 0. The second-order valence-electron chi connectivity index (χ2n) is 3.65. The lowest BCUT2D eigenvalue weighted by molar-refractivity contribution is 0.0728. The van der Waals surface area contributed by atoms with Crippen LogP contribution in [0.1, 0.15) is 16.1 Å². The highest BCUT2D eigenvalue weighted by Gasteiger charge is 2.09. The van der Waals surface area contributed by atoms with Crippen LogP contribution in [0.2, 0.25) is 0 Å². The van der Waals surface area contributed by atoms with E-state index < -0.39 is 5.97 Å². The normalized spacial score (nSPS) is 9.94. The van der Waals surface area contributed by atoms with Crippen molar-refractivity contribution in [1.82, 2.24) is 4.98 Å². The van der Waals surface area contributed by atoms with Crippen LogP contribution in [0.3, 0.4) is 0 Å². The van der Waals surface area contributed by atoms with Crippen molar-refractivity contribution < 1.29 is 9.53 Å².